The number of nitrogens with zero attached hydrogens (tertiary/aromatic N) is 2. The summed E-state index contributed by atoms with van der Waals surface area (Å²) in [6.45, 7) is 3.18. The molecule has 3 rings (SSSR count). The molecule has 3 aromatic rings. The fourth-order valence-electron chi connectivity index (χ4n) is 2.83. The number of sulfone groups is 1. The standard InChI is InChI=1S/C19H17F3N4O2S/c1-10-3-4-13(6-14(10)12-8-25-18(24)26-9-12)29(27,28)17-5-11(2)16(23)7-15(17)19(20,21)22/h3-9H,23H2,1-2H3,(H2,24,25,26). The van der Waals surface area contributed by atoms with Crippen LogP contribution in [-0.4, -0.2) is 18.4 Å². The summed E-state index contributed by atoms with van der Waals surface area (Å²) in [7, 11) is -4.49. The lowest BCUT2D eigenvalue weighted by molar-refractivity contribution is -0.139. The summed E-state index contributed by atoms with van der Waals surface area (Å²) in [5, 5.41) is 0. The van der Waals surface area contributed by atoms with Gasteiger partial charge in [-0.15, -0.1) is 0 Å². The number of aryl methyl sites for hydroxylation is 2. The zero-order valence-electron chi connectivity index (χ0n) is 15.4. The molecule has 0 bridgehead atoms. The van der Waals surface area contributed by atoms with Crippen LogP contribution in [0.2, 0.25) is 0 Å². The van der Waals surface area contributed by atoms with E-state index < -0.39 is 26.5 Å². The first-order valence-corrected chi connectivity index (χ1v) is 9.80. The Labute approximate surface area is 165 Å². The predicted octanol–water partition coefficient (Wildman–Crippen LogP) is 3.78. The van der Waals surface area contributed by atoms with Gasteiger partial charge in [0.1, 0.15) is 0 Å². The molecular formula is C19H17F3N4O2S. The normalized spacial score (nSPS) is 12.2. The lowest BCUT2D eigenvalue weighted by atomic mass is 10.0. The van der Waals surface area contributed by atoms with Gasteiger partial charge < -0.3 is 11.5 Å². The Hall–Kier alpha value is -3.14. The molecule has 1 heterocycles. The zero-order valence-corrected chi connectivity index (χ0v) is 16.3. The van der Waals surface area contributed by atoms with Gasteiger partial charge in [0.15, 0.2) is 0 Å². The molecule has 0 radical (unpaired) electrons. The third kappa shape index (κ3) is 3.88. The number of aromatic nitrogens is 2. The molecule has 0 aliphatic carbocycles. The SMILES string of the molecule is Cc1cc(S(=O)(=O)c2ccc(C)c(-c3cnc(N)nc3)c2)c(C(F)(F)F)cc1N. The highest BCUT2D eigenvalue weighted by Gasteiger charge is 2.38. The van der Waals surface area contributed by atoms with Gasteiger partial charge in [0, 0.05) is 23.6 Å². The van der Waals surface area contributed by atoms with E-state index in [-0.39, 0.29) is 22.1 Å². The van der Waals surface area contributed by atoms with Gasteiger partial charge in [-0.3, -0.25) is 0 Å². The third-order valence-corrected chi connectivity index (χ3v) is 6.26. The second-order valence-electron chi connectivity index (χ2n) is 6.51. The number of anilines is 2. The quantitative estimate of drug-likeness (QED) is 0.622. The van der Waals surface area contributed by atoms with Gasteiger partial charge in [-0.05, 0) is 54.8 Å². The van der Waals surface area contributed by atoms with E-state index >= 15 is 0 Å². The molecule has 0 atom stereocenters. The van der Waals surface area contributed by atoms with Crippen LogP contribution in [0.4, 0.5) is 24.8 Å². The molecular weight excluding hydrogens is 405 g/mol. The monoisotopic (exact) mass is 422 g/mol. The zero-order chi connectivity index (χ0) is 21.6. The van der Waals surface area contributed by atoms with Crippen molar-refractivity contribution in [3.8, 4) is 11.1 Å². The minimum Gasteiger partial charge on any atom is -0.399 e. The molecule has 0 aliphatic heterocycles. The van der Waals surface area contributed by atoms with Gasteiger partial charge in [-0.25, -0.2) is 18.4 Å². The van der Waals surface area contributed by atoms with Gasteiger partial charge in [0.25, 0.3) is 0 Å². The number of nitrogen functional groups attached to an aromatic ring is 2. The van der Waals surface area contributed by atoms with E-state index in [1.54, 1.807) is 6.92 Å². The second kappa shape index (κ2) is 7.03. The molecule has 6 nitrogen and oxygen atoms in total. The van der Waals surface area contributed by atoms with Gasteiger partial charge in [-0.1, -0.05) is 6.07 Å². The van der Waals surface area contributed by atoms with Crippen LogP contribution < -0.4 is 11.5 Å². The predicted molar refractivity (Wildman–Crippen MR) is 103 cm³/mol. The van der Waals surface area contributed by atoms with Gasteiger partial charge in [0.2, 0.25) is 15.8 Å². The van der Waals surface area contributed by atoms with Crippen molar-refractivity contribution in [2.75, 3.05) is 11.5 Å². The maximum Gasteiger partial charge on any atom is 0.417 e. The number of hydrogen-bond donors (Lipinski definition) is 2. The van der Waals surface area contributed by atoms with Crippen LogP contribution in [0.1, 0.15) is 16.7 Å². The average molecular weight is 422 g/mol. The van der Waals surface area contributed by atoms with Crippen LogP contribution in [0, 0.1) is 13.8 Å². The highest BCUT2D eigenvalue weighted by Crippen LogP contribution is 2.39. The maximum atomic E-state index is 13.5. The molecule has 0 unspecified atom stereocenters. The first-order chi connectivity index (χ1) is 13.4. The number of halogens is 3. The molecule has 4 N–H and O–H groups in total. The van der Waals surface area contributed by atoms with Crippen molar-refractivity contribution in [3.05, 3.63) is 59.4 Å². The summed E-state index contributed by atoms with van der Waals surface area (Å²) in [5.41, 5.74) is 11.5. The van der Waals surface area contributed by atoms with E-state index in [0.29, 0.717) is 22.8 Å². The molecule has 10 heteroatoms. The molecule has 0 saturated carbocycles. The Balaban J connectivity index is 2.23. The molecule has 0 amide bonds. The average Bonchev–Trinajstić information content (AvgIpc) is 2.63. The number of benzene rings is 2. The Kier molecular flexibility index (Phi) is 4.99. The first-order valence-electron chi connectivity index (χ1n) is 8.32. The molecule has 0 aliphatic rings. The molecule has 0 saturated heterocycles. The molecule has 29 heavy (non-hydrogen) atoms. The largest absolute Gasteiger partial charge is 0.417 e. The fourth-order valence-corrected chi connectivity index (χ4v) is 4.40. The van der Waals surface area contributed by atoms with E-state index in [1.807, 2.05) is 0 Å². The fraction of sp³-hybridized carbons (Fsp3) is 0.158. The topological polar surface area (TPSA) is 112 Å². The minimum absolute atomic E-state index is 0.0438. The maximum absolute atomic E-state index is 13.5. The van der Waals surface area contributed by atoms with E-state index in [9.17, 15) is 21.6 Å². The second-order valence-corrected chi connectivity index (χ2v) is 8.43. The summed E-state index contributed by atoms with van der Waals surface area (Å²) < 4.78 is 66.8. The summed E-state index contributed by atoms with van der Waals surface area (Å²) in [5.74, 6) is 0.0438. The van der Waals surface area contributed by atoms with Crippen LogP contribution >= 0.6 is 0 Å². The van der Waals surface area contributed by atoms with E-state index in [0.717, 1.165) is 6.07 Å². The van der Waals surface area contributed by atoms with Gasteiger partial charge >= 0.3 is 6.18 Å². The molecule has 0 spiro atoms. The smallest absolute Gasteiger partial charge is 0.399 e. The highest BCUT2D eigenvalue weighted by molar-refractivity contribution is 7.91. The van der Waals surface area contributed by atoms with Crippen molar-refractivity contribution >= 4 is 21.5 Å². The molecule has 152 valence electrons. The molecule has 1 aromatic heterocycles. The van der Waals surface area contributed by atoms with Crippen molar-refractivity contribution in [2.45, 2.75) is 29.8 Å². The lowest BCUT2D eigenvalue weighted by Crippen LogP contribution is -2.15. The third-order valence-electron chi connectivity index (χ3n) is 4.47. The van der Waals surface area contributed by atoms with Gasteiger partial charge in [0.05, 0.1) is 15.4 Å². The van der Waals surface area contributed by atoms with Crippen LogP contribution in [0.15, 0.2) is 52.5 Å². The summed E-state index contributed by atoms with van der Waals surface area (Å²) >= 11 is 0. The number of alkyl halides is 3. The van der Waals surface area contributed by atoms with E-state index in [2.05, 4.69) is 9.97 Å². The Morgan fingerprint density at radius 3 is 2.14 bits per heavy atom. The first kappa shape index (κ1) is 20.6. The van der Waals surface area contributed by atoms with Crippen molar-refractivity contribution in [1.29, 1.82) is 0 Å². The van der Waals surface area contributed by atoms with Crippen LogP contribution in [0.25, 0.3) is 11.1 Å². The van der Waals surface area contributed by atoms with Crippen LogP contribution in [0.3, 0.4) is 0 Å². The number of rotatable bonds is 3. The highest BCUT2D eigenvalue weighted by atomic mass is 32.2. The number of hydrogen-bond acceptors (Lipinski definition) is 6. The van der Waals surface area contributed by atoms with Gasteiger partial charge in [-0.2, -0.15) is 13.2 Å². The molecule has 2 aromatic carbocycles. The van der Waals surface area contributed by atoms with E-state index in [1.165, 1.54) is 37.5 Å². The van der Waals surface area contributed by atoms with Crippen molar-refractivity contribution < 1.29 is 21.6 Å². The van der Waals surface area contributed by atoms with Crippen LogP contribution in [-0.2, 0) is 16.0 Å². The van der Waals surface area contributed by atoms with Crippen molar-refractivity contribution in [3.63, 3.8) is 0 Å². The Bertz CT molecular complexity index is 1190. The van der Waals surface area contributed by atoms with E-state index in [4.69, 9.17) is 11.5 Å². The van der Waals surface area contributed by atoms with Crippen molar-refractivity contribution in [2.24, 2.45) is 0 Å². The van der Waals surface area contributed by atoms with Crippen LogP contribution in [0.5, 0.6) is 0 Å². The summed E-state index contributed by atoms with van der Waals surface area (Å²) in [6, 6.07) is 5.66. The summed E-state index contributed by atoms with van der Waals surface area (Å²) in [4.78, 5) is 6.60. The number of nitrogens with two attached hydrogens (primary N) is 2. The minimum atomic E-state index is -4.89. The lowest BCUT2D eigenvalue weighted by Gasteiger charge is -2.16. The Morgan fingerprint density at radius 1 is 0.931 bits per heavy atom. The molecule has 0 fully saturated rings. The summed E-state index contributed by atoms with van der Waals surface area (Å²) in [6.07, 6.45) is -2.06. The van der Waals surface area contributed by atoms with Crippen molar-refractivity contribution in [1.82, 2.24) is 9.97 Å². The Morgan fingerprint density at radius 2 is 1.55 bits per heavy atom.